The number of nitrogens with zero attached hydrogens (tertiary/aromatic N) is 3. The predicted octanol–water partition coefficient (Wildman–Crippen LogP) is 0.327. The number of halogens is 1. The van der Waals surface area contributed by atoms with E-state index >= 15 is 0 Å². The summed E-state index contributed by atoms with van der Waals surface area (Å²) >= 11 is 0. The largest absolute Gasteiger partial charge is 0.338 e. The predicted molar refractivity (Wildman–Crippen MR) is 64.8 cm³/mol. The zero-order chi connectivity index (χ0) is 13.1. The van der Waals surface area contributed by atoms with Gasteiger partial charge in [0.25, 0.3) is 5.91 Å². The van der Waals surface area contributed by atoms with Crippen molar-refractivity contribution in [1.82, 2.24) is 15.4 Å². The Balaban J connectivity index is 2.27. The van der Waals surface area contributed by atoms with Crippen molar-refractivity contribution in [2.75, 3.05) is 18.0 Å². The van der Waals surface area contributed by atoms with Gasteiger partial charge in [0.1, 0.15) is 11.9 Å². The molecule has 1 unspecified atom stereocenters. The van der Waals surface area contributed by atoms with E-state index in [1.54, 1.807) is 17.9 Å². The number of anilines is 1. The molecule has 6 nitrogen and oxygen atoms in total. The molecule has 0 aliphatic carbocycles. The van der Waals surface area contributed by atoms with Crippen molar-refractivity contribution in [3.63, 3.8) is 0 Å². The van der Waals surface area contributed by atoms with Crippen LogP contribution in [0.4, 0.5) is 10.3 Å². The maximum absolute atomic E-state index is 13.3. The molecule has 2 rings (SSSR count). The van der Waals surface area contributed by atoms with Crippen molar-refractivity contribution in [2.45, 2.75) is 25.9 Å². The minimum absolute atomic E-state index is 0.195. The molecule has 98 valence electrons. The van der Waals surface area contributed by atoms with E-state index in [0.717, 1.165) is 6.42 Å². The van der Waals surface area contributed by atoms with Gasteiger partial charge in [-0.25, -0.2) is 20.2 Å². The minimum Gasteiger partial charge on any atom is -0.338 e. The highest BCUT2D eigenvalue weighted by molar-refractivity contribution is 5.92. The van der Waals surface area contributed by atoms with Crippen LogP contribution in [0.1, 0.15) is 29.0 Å². The van der Waals surface area contributed by atoms with Crippen LogP contribution in [0.2, 0.25) is 0 Å². The van der Waals surface area contributed by atoms with E-state index in [4.69, 9.17) is 5.84 Å². The summed E-state index contributed by atoms with van der Waals surface area (Å²) in [6.07, 6.45) is 0.463. The Morgan fingerprint density at radius 3 is 3.06 bits per heavy atom. The van der Waals surface area contributed by atoms with Crippen LogP contribution in [-0.2, 0) is 0 Å². The highest BCUT2D eigenvalue weighted by Gasteiger charge is 2.22. The molecule has 0 spiro atoms. The molecule has 1 amide bonds. The minimum atomic E-state index is -0.866. The first-order valence-corrected chi connectivity index (χ1v) is 5.86. The highest BCUT2D eigenvalue weighted by Crippen LogP contribution is 2.18. The molecule has 1 aliphatic rings. The third kappa shape index (κ3) is 2.73. The zero-order valence-electron chi connectivity index (χ0n) is 10.2. The molecule has 0 aromatic carbocycles. The number of rotatable bonds is 2. The third-order valence-corrected chi connectivity index (χ3v) is 2.85. The average molecular weight is 253 g/mol. The van der Waals surface area contributed by atoms with Gasteiger partial charge in [-0.05, 0) is 25.8 Å². The molecular weight excluding hydrogens is 237 g/mol. The Labute approximate surface area is 104 Å². The van der Waals surface area contributed by atoms with Gasteiger partial charge >= 0.3 is 0 Å². The number of carbonyl (C=O) groups is 1. The number of nitrogens with one attached hydrogen (secondary N) is 1. The summed E-state index contributed by atoms with van der Waals surface area (Å²) in [7, 11) is 0. The summed E-state index contributed by atoms with van der Waals surface area (Å²) < 4.78 is 13.3. The fourth-order valence-corrected chi connectivity index (χ4v) is 1.99. The lowest BCUT2D eigenvalue weighted by atomic mass is 10.1. The molecule has 7 heteroatoms. The van der Waals surface area contributed by atoms with Crippen LogP contribution in [0, 0.1) is 6.92 Å². The Hall–Kier alpha value is -1.76. The normalized spacial score (nSPS) is 19.7. The smallest absolute Gasteiger partial charge is 0.283 e. The SMILES string of the molecule is Cc1cc(C(=O)NN)nc(N2CCCC(F)C2)n1. The summed E-state index contributed by atoms with van der Waals surface area (Å²) in [4.78, 5) is 21.6. The molecule has 1 saturated heterocycles. The number of aryl methyl sites for hydroxylation is 1. The van der Waals surface area contributed by atoms with Gasteiger partial charge in [-0.3, -0.25) is 10.2 Å². The van der Waals surface area contributed by atoms with Crippen LogP contribution in [-0.4, -0.2) is 35.1 Å². The number of aromatic nitrogens is 2. The van der Waals surface area contributed by atoms with Crippen molar-refractivity contribution in [3.8, 4) is 0 Å². The van der Waals surface area contributed by atoms with Gasteiger partial charge in [-0.2, -0.15) is 0 Å². The number of alkyl halides is 1. The molecule has 0 saturated carbocycles. The van der Waals surface area contributed by atoms with Crippen molar-refractivity contribution in [3.05, 3.63) is 17.5 Å². The summed E-state index contributed by atoms with van der Waals surface area (Å²) in [5.41, 5.74) is 2.87. The van der Waals surface area contributed by atoms with Crippen LogP contribution in [0.15, 0.2) is 6.07 Å². The molecule has 1 aromatic heterocycles. The van der Waals surface area contributed by atoms with E-state index in [1.807, 2.05) is 5.43 Å². The maximum Gasteiger partial charge on any atom is 0.283 e. The highest BCUT2D eigenvalue weighted by atomic mass is 19.1. The Kier molecular flexibility index (Phi) is 3.71. The van der Waals surface area contributed by atoms with Crippen molar-refractivity contribution >= 4 is 11.9 Å². The fraction of sp³-hybridized carbons (Fsp3) is 0.545. The molecule has 2 heterocycles. The molecule has 1 aliphatic heterocycles. The molecule has 0 radical (unpaired) electrons. The number of hydrogen-bond donors (Lipinski definition) is 2. The topological polar surface area (TPSA) is 84.1 Å². The second kappa shape index (κ2) is 5.26. The average Bonchev–Trinajstić information content (AvgIpc) is 2.37. The number of amides is 1. The second-order valence-electron chi connectivity index (χ2n) is 4.35. The summed E-state index contributed by atoms with van der Waals surface area (Å²) in [6.45, 7) is 2.73. The zero-order valence-corrected chi connectivity index (χ0v) is 10.2. The lowest BCUT2D eigenvalue weighted by Crippen LogP contribution is -2.38. The standard InChI is InChI=1S/C11H16FN5O/c1-7-5-9(10(18)16-13)15-11(14-7)17-4-2-3-8(12)6-17/h5,8H,2-4,6,13H2,1H3,(H,16,18). The van der Waals surface area contributed by atoms with Crippen molar-refractivity contribution in [2.24, 2.45) is 5.84 Å². The molecule has 1 aromatic rings. The van der Waals surface area contributed by atoms with Crippen molar-refractivity contribution in [1.29, 1.82) is 0 Å². The Morgan fingerprint density at radius 1 is 1.61 bits per heavy atom. The van der Waals surface area contributed by atoms with E-state index < -0.39 is 12.1 Å². The molecule has 1 fully saturated rings. The molecular formula is C11H16FN5O. The number of carbonyl (C=O) groups excluding carboxylic acids is 1. The summed E-state index contributed by atoms with van der Waals surface area (Å²) in [5, 5.41) is 0. The first-order chi connectivity index (χ1) is 8.60. The number of nitrogens with two attached hydrogens (primary N) is 1. The van der Waals surface area contributed by atoms with Crippen LogP contribution in [0.5, 0.6) is 0 Å². The van der Waals surface area contributed by atoms with Gasteiger partial charge in [0.05, 0.1) is 6.54 Å². The first-order valence-electron chi connectivity index (χ1n) is 5.86. The van der Waals surface area contributed by atoms with E-state index in [0.29, 0.717) is 24.6 Å². The monoisotopic (exact) mass is 253 g/mol. The van der Waals surface area contributed by atoms with Gasteiger partial charge in [0.15, 0.2) is 0 Å². The van der Waals surface area contributed by atoms with Gasteiger partial charge < -0.3 is 4.90 Å². The maximum atomic E-state index is 13.3. The Morgan fingerprint density at radius 2 is 2.39 bits per heavy atom. The number of hydrogen-bond acceptors (Lipinski definition) is 5. The van der Waals surface area contributed by atoms with E-state index in [2.05, 4.69) is 9.97 Å². The van der Waals surface area contributed by atoms with Gasteiger partial charge in [-0.15, -0.1) is 0 Å². The lowest BCUT2D eigenvalue weighted by molar-refractivity contribution is 0.0948. The van der Waals surface area contributed by atoms with Crippen molar-refractivity contribution < 1.29 is 9.18 Å². The number of piperidine rings is 1. The van der Waals surface area contributed by atoms with E-state index in [-0.39, 0.29) is 12.2 Å². The second-order valence-corrected chi connectivity index (χ2v) is 4.35. The molecule has 0 bridgehead atoms. The van der Waals surface area contributed by atoms with Crippen LogP contribution >= 0.6 is 0 Å². The van der Waals surface area contributed by atoms with Crippen LogP contribution < -0.4 is 16.2 Å². The number of nitrogen functional groups attached to an aromatic ring is 1. The molecule has 1 atom stereocenters. The fourth-order valence-electron chi connectivity index (χ4n) is 1.99. The van der Waals surface area contributed by atoms with Crippen LogP contribution in [0.3, 0.4) is 0 Å². The van der Waals surface area contributed by atoms with E-state index in [9.17, 15) is 9.18 Å². The number of hydrazine groups is 1. The van der Waals surface area contributed by atoms with Gasteiger partial charge in [0, 0.05) is 12.2 Å². The first kappa shape index (κ1) is 12.7. The van der Waals surface area contributed by atoms with Crippen LogP contribution in [0.25, 0.3) is 0 Å². The Bertz CT molecular complexity index is 453. The quantitative estimate of drug-likeness (QED) is 0.450. The summed E-state index contributed by atoms with van der Waals surface area (Å²) in [6, 6.07) is 1.54. The molecule has 18 heavy (non-hydrogen) atoms. The van der Waals surface area contributed by atoms with Gasteiger partial charge in [-0.1, -0.05) is 0 Å². The third-order valence-electron chi connectivity index (χ3n) is 2.85. The summed E-state index contributed by atoms with van der Waals surface area (Å²) in [5.74, 6) is 4.98. The lowest BCUT2D eigenvalue weighted by Gasteiger charge is -2.29. The van der Waals surface area contributed by atoms with Gasteiger partial charge in [0.2, 0.25) is 5.95 Å². The van der Waals surface area contributed by atoms with E-state index in [1.165, 1.54) is 0 Å². The molecule has 3 N–H and O–H groups in total.